The van der Waals surface area contributed by atoms with Crippen LogP contribution in [0.15, 0.2) is 24.3 Å². The first-order chi connectivity index (χ1) is 8.26. The SMILES string of the molecule is CNCCc1ccc(OS(=O)(=O)C(F)(F)F)cc1. The van der Waals surface area contributed by atoms with Gasteiger partial charge in [0.05, 0.1) is 0 Å². The predicted octanol–water partition coefficient (Wildman–Crippen LogP) is 1.68. The van der Waals surface area contributed by atoms with Crippen molar-refractivity contribution in [2.24, 2.45) is 0 Å². The van der Waals surface area contributed by atoms with E-state index in [9.17, 15) is 21.6 Å². The lowest BCUT2D eigenvalue weighted by molar-refractivity contribution is -0.0500. The molecular weight excluding hydrogens is 271 g/mol. The van der Waals surface area contributed by atoms with Crippen LogP contribution in [0.25, 0.3) is 0 Å². The standard InChI is InChI=1S/C10H12F3NO3S/c1-14-7-6-8-2-4-9(5-3-8)17-18(15,16)10(11,12)13/h2-5,14H,6-7H2,1H3. The van der Waals surface area contributed by atoms with Crippen LogP contribution in [0.5, 0.6) is 5.75 Å². The number of alkyl halides is 3. The Morgan fingerprint density at radius 1 is 1.22 bits per heavy atom. The van der Waals surface area contributed by atoms with Gasteiger partial charge in [0.15, 0.2) is 0 Å². The van der Waals surface area contributed by atoms with Crippen LogP contribution in [-0.4, -0.2) is 27.5 Å². The lowest BCUT2D eigenvalue weighted by Crippen LogP contribution is -2.28. The lowest BCUT2D eigenvalue weighted by atomic mass is 10.1. The molecule has 102 valence electrons. The van der Waals surface area contributed by atoms with Crippen molar-refractivity contribution in [2.75, 3.05) is 13.6 Å². The summed E-state index contributed by atoms with van der Waals surface area (Å²) in [7, 11) is -3.82. The Morgan fingerprint density at radius 2 is 1.78 bits per heavy atom. The smallest absolute Gasteiger partial charge is 0.376 e. The van der Waals surface area contributed by atoms with Crippen molar-refractivity contribution in [3.63, 3.8) is 0 Å². The van der Waals surface area contributed by atoms with Crippen molar-refractivity contribution >= 4 is 10.1 Å². The minimum Gasteiger partial charge on any atom is -0.376 e. The summed E-state index contributed by atoms with van der Waals surface area (Å²) in [5, 5.41) is 2.91. The van der Waals surface area contributed by atoms with Gasteiger partial charge in [-0.25, -0.2) is 0 Å². The first kappa shape index (κ1) is 14.8. The molecule has 0 unspecified atom stereocenters. The van der Waals surface area contributed by atoms with E-state index < -0.39 is 15.6 Å². The van der Waals surface area contributed by atoms with Crippen molar-refractivity contribution in [1.82, 2.24) is 5.32 Å². The van der Waals surface area contributed by atoms with Gasteiger partial charge in [0.1, 0.15) is 5.75 Å². The Hall–Kier alpha value is -1.28. The molecule has 0 aliphatic rings. The molecular formula is C10H12F3NO3S. The summed E-state index contributed by atoms with van der Waals surface area (Å²) in [6.45, 7) is 0.709. The average molecular weight is 283 g/mol. The summed E-state index contributed by atoms with van der Waals surface area (Å²) in [6, 6.07) is 5.40. The molecule has 8 heteroatoms. The van der Waals surface area contributed by atoms with E-state index in [0.29, 0.717) is 13.0 Å². The third kappa shape index (κ3) is 3.88. The van der Waals surface area contributed by atoms with Gasteiger partial charge >= 0.3 is 15.6 Å². The molecule has 0 heterocycles. The number of hydrogen-bond acceptors (Lipinski definition) is 4. The van der Waals surface area contributed by atoms with E-state index in [-0.39, 0.29) is 5.75 Å². The molecule has 0 amide bonds. The molecule has 0 saturated carbocycles. The van der Waals surface area contributed by atoms with Gasteiger partial charge in [-0.2, -0.15) is 21.6 Å². The molecule has 0 fully saturated rings. The minimum absolute atomic E-state index is 0.361. The minimum atomic E-state index is -5.59. The Kier molecular flexibility index (Phi) is 4.58. The molecule has 18 heavy (non-hydrogen) atoms. The summed E-state index contributed by atoms with van der Waals surface area (Å²) in [5.41, 5.74) is -4.56. The molecule has 0 radical (unpaired) electrons. The summed E-state index contributed by atoms with van der Waals surface area (Å²) < 4.78 is 61.5. The third-order valence-electron chi connectivity index (χ3n) is 2.08. The van der Waals surface area contributed by atoms with Crippen LogP contribution >= 0.6 is 0 Å². The molecule has 4 nitrogen and oxygen atoms in total. The third-order valence-corrected chi connectivity index (χ3v) is 3.06. The molecule has 0 aliphatic carbocycles. The van der Waals surface area contributed by atoms with E-state index in [1.807, 2.05) is 0 Å². The number of rotatable bonds is 5. The fourth-order valence-electron chi connectivity index (χ4n) is 1.15. The summed E-state index contributed by atoms with van der Waals surface area (Å²) in [5.74, 6) is -0.361. The van der Waals surface area contributed by atoms with E-state index in [0.717, 1.165) is 5.56 Å². The van der Waals surface area contributed by atoms with Gasteiger partial charge < -0.3 is 9.50 Å². The first-order valence-corrected chi connectivity index (χ1v) is 6.41. The molecule has 1 rings (SSSR count). The average Bonchev–Trinajstić information content (AvgIpc) is 2.26. The van der Waals surface area contributed by atoms with Gasteiger partial charge in [0, 0.05) is 0 Å². The largest absolute Gasteiger partial charge is 0.534 e. The highest BCUT2D eigenvalue weighted by molar-refractivity contribution is 7.87. The maximum absolute atomic E-state index is 12.0. The van der Waals surface area contributed by atoms with E-state index in [2.05, 4.69) is 9.50 Å². The van der Waals surface area contributed by atoms with Gasteiger partial charge in [-0.05, 0) is 37.7 Å². The van der Waals surface area contributed by atoms with Crippen LogP contribution in [0.3, 0.4) is 0 Å². The second-order valence-corrected chi connectivity index (χ2v) is 5.02. The maximum Gasteiger partial charge on any atom is 0.534 e. The number of benzene rings is 1. The van der Waals surface area contributed by atoms with Crippen molar-refractivity contribution in [3.05, 3.63) is 29.8 Å². The summed E-state index contributed by atoms with van der Waals surface area (Å²) in [4.78, 5) is 0. The molecule has 0 spiro atoms. The molecule has 0 aliphatic heterocycles. The molecule has 0 saturated heterocycles. The second kappa shape index (κ2) is 5.57. The number of nitrogens with one attached hydrogen (secondary N) is 1. The number of hydrogen-bond donors (Lipinski definition) is 1. The predicted molar refractivity (Wildman–Crippen MR) is 59.7 cm³/mol. The molecule has 0 aromatic heterocycles. The van der Waals surface area contributed by atoms with Crippen LogP contribution in [0, 0.1) is 0 Å². The quantitative estimate of drug-likeness (QED) is 0.660. The fourth-order valence-corrected chi connectivity index (χ4v) is 1.61. The highest BCUT2D eigenvalue weighted by atomic mass is 32.2. The highest BCUT2D eigenvalue weighted by Crippen LogP contribution is 2.26. The molecule has 0 atom stereocenters. The number of likely N-dealkylation sites (N-methyl/N-ethyl adjacent to an activating group) is 1. The molecule has 1 aromatic rings. The van der Waals surface area contributed by atoms with Gasteiger partial charge in [-0.15, -0.1) is 0 Å². The zero-order chi connectivity index (χ0) is 13.8. The first-order valence-electron chi connectivity index (χ1n) is 5.00. The van der Waals surface area contributed by atoms with Crippen LogP contribution < -0.4 is 9.50 Å². The van der Waals surface area contributed by atoms with Gasteiger partial charge in [-0.3, -0.25) is 0 Å². The van der Waals surface area contributed by atoms with Crippen molar-refractivity contribution < 1.29 is 25.8 Å². The van der Waals surface area contributed by atoms with Crippen LogP contribution in [0.2, 0.25) is 0 Å². The van der Waals surface area contributed by atoms with Crippen molar-refractivity contribution in [1.29, 1.82) is 0 Å². The van der Waals surface area contributed by atoms with Gasteiger partial charge in [-0.1, -0.05) is 12.1 Å². The van der Waals surface area contributed by atoms with E-state index >= 15 is 0 Å². The van der Waals surface area contributed by atoms with Crippen LogP contribution in [0.4, 0.5) is 13.2 Å². The monoisotopic (exact) mass is 283 g/mol. The van der Waals surface area contributed by atoms with Crippen LogP contribution in [-0.2, 0) is 16.5 Å². The summed E-state index contributed by atoms with van der Waals surface area (Å²) in [6.07, 6.45) is 0.683. The maximum atomic E-state index is 12.0. The van der Waals surface area contributed by atoms with E-state index in [1.54, 1.807) is 7.05 Å². The Labute approximate surface area is 103 Å². The summed E-state index contributed by atoms with van der Waals surface area (Å²) >= 11 is 0. The second-order valence-electron chi connectivity index (χ2n) is 3.48. The lowest BCUT2D eigenvalue weighted by Gasteiger charge is -2.09. The molecule has 1 aromatic carbocycles. The Bertz CT molecular complexity index is 482. The van der Waals surface area contributed by atoms with E-state index in [1.165, 1.54) is 24.3 Å². The Morgan fingerprint density at radius 3 is 2.22 bits per heavy atom. The van der Waals surface area contributed by atoms with Gasteiger partial charge in [0.25, 0.3) is 0 Å². The zero-order valence-electron chi connectivity index (χ0n) is 9.49. The fraction of sp³-hybridized carbons (Fsp3) is 0.400. The van der Waals surface area contributed by atoms with Gasteiger partial charge in [0.2, 0.25) is 0 Å². The highest BCUT2D eigenvalue weighted by Gasteiger charge is 2.48. The zero-order valence-corrected chi connectivity index (χ0v) is 10.3. The normalized spacial score (nSPS) is 12.4. The Balaban J connectivity index is 2.76. The van der Waals surface area contributed by atoms with Crippen molar-refractivity contribution in [3.8, 4) is 5.75 Å². The van der Waals surface area contributed by atoms with E-state index in [4.69, 9.17) is 0 Å². The molecule has 1 N–H and O–H groups in total. The molecule has 0 bridgehead atoms. The topological polar surface area (TPSA) is 55.4 Å². The number of halogens is 3. The van der Waals surface area contributed by atoms with Crippen LogP contribution in [0.1, 0.15) is 5.56 Å². The van der Waals surface area contributed by atoms with Crippen molar-refractivity contribution in [2.45, 2.75) is 11.9 Å².